The lowest BCUT2D eigenvalue weighted by Crippen LogP contribution is -2.22. The van der Waals surface area contributed by atoms with Gasteiger partial charge in [0.1, 0.15) is 5.75 Å². The van der Waals surface area contributed by atoms with Gasteiger partial charge in [-0.25, -0.2) is 20.2 Å². The molecule has 1 atom stereocenters. The van der Waals surface area contributed by atoms with E-state index in [0.717, 1.165) is 17.0 Å². The smallest absolute Gasteiger partial charge is 0.344 e. The standard InChI is InChI=1S/C16H18N4O3/c1-10-8-11(2)19-16(18-10)20-17-9-13-4-6-14(7-5-13)23-12(3)15(21)22/h4-9,12H,1-3H3,(H,21,22)(H,18,19,20)/b17-9-/t12-/m0/s1. The zero-order valence-electron chi connectivity index (χ0n) is 13.1. The quantitative estimate of drug-likeness (QED) is 0.628. The van der Waals surface area contributed by atoms with Crippen molar-refractivity contribution in [1.29, 1.82) is 0 Å². The normalized spacial score (nSPS) is 12.1. The van der Waals surface area contributed by atoms with Crippen LogP contribution >= 0.6 is 0 Å². The van der Waals surface area contributed by atoms with Gasteiger partial charge in [-0.2, -0.15) is 5.10 Å². The predicted molar refractivity (Wildman–Crippen MR) is 86.9 cm³/mol. The zero-order chi connectivity index (χ0) is 16.8. The molecule has 0 aliphatic carbocycles. The molecule has 0 saturated carbocycles. The number of hydrazone groups is 1. The summed E-state index contributed by atoms with van der Waals surface area (Å²) in [5.41, 5.74) is 5.34. The molecule has 0 aliphatic rings. The summed E-state index contributed by atoms with van der Waals surface area (Å²) < 4.78 is 5.25. The summed E-state index contributed by atoms with van der Waals surface area (Å²) in [7, 11) is 0. The molecule has 1 aromatic carbocycles. The van der Waals surface area contributed by atoms with Crippen LogP contribution in [0.1, 0.15) is 23.9 Å². The van der Waals surface area contributed by atoms with Crippen molar-refractivity contribution in [2.45, 2.75) is 26.9 Å². The van der Waals surface area contributed by atoms with Crippen molar-refractivity contribution in [3.8, 4) is 5.75 Å². The van der Waals surface area contributed by atoms with Crippen LogP contribution in [0.15, 0.2) is 35.4 Å². The number of benzene rings is 1. The Bertz CT molecular complexity index is 694. The fourth-order valence-electron chi connectivity index (χ4n) is 1.83. The molecule has 1 heterocycles. The lowest BCUT2D eigenvalue weighted by atomic mass is 10.2. The van der Waals surface area contributed by atoms with Crippen LogP contribution in [-0.4, -0.2) is 33.4 Å². The second-order valence-electron chi connectivity index (χ2n) is 5.01. The van der Waals surface area contributed by atoms with Crippen LogP contribution in [-0.2, 0) is 4.79 Å². The van der Waals surface area contributed by atoms with Crippen molar-refractivity contribution < 1.29 is 14.6 Å². The number of nitrogens with zero attached hydrogens (tertiary/aromatic N) is 3. The van der Waals surface area contributed by atoms with E-state index in [9.17, 15) is 4.79 Å². The van der Waals surface area contributed by atoms with Gasteiger partial charge in [-0.15, -0.1) is 0 Å². The number of carbonyl (C=O) groups is 1. The van der Waals surface area contributed by atoms with E-state index in [0.29, 0.717) is 11.7 Å². The molecule has 0 aliphatic heterocycles. The average Bonchev–Trinajstić information content (AvgIpc) is 2.48. The van der Waals surface area contributed by atoms with Gasteiger partial charge in [-0.3, -0.25) is 0 Å². The van der Waals surface area contributed by atoms with Gasteiger partial charge in [0.25, 0.3) is 0 Å². The third-order valence-electron chi connectivity index (χ3n) is 2.90. The van der Waals surface area contributed by atoms with Crippen LogP contribution in [0.25, 0.3) is 0 Å². The van der Waals surface area contributed by atoms with Gasteiger partial charge in [-0.05, 0) is 56.7 Å². The maximum atomic E-state index is 10.7. The molecule has 2 N–H and O–H groups in total. The number of hydrogen-bond acceptors (Lipinski definition) is 6. The van der Waals surface area contributed by atoms with Crippen LogP contribution in [0.4, 0.5) is 5.95 Å². The van der Waals surface area contributed by atoms with Crippen molar-refractivity contribution in [2.24, 2.45) is 5.10 Å². The highest BCUT2D eigenvalue weighted by Crippen LogP contribution is 2.13. The SMILES string of the molecule is Cc1cc(C)nc(N/N=C\c2ccc(O[C@@H](C)C(=O)O)cc2)n1. The number of nitrogens with one attached hydrogen (secondary N) is 1. The summed E-state index contributed by atoms with van der Waals surface area (Å²) in [4.78, 5) is 19.2. The molecule has 0 saturated heterocycles. The molecule has 7 heteroatoms. The van der Waals surface area contributed by atoms with Gasteiger partial charge >= 0.3 is 5.97 Å². The molecule has 2 aromatic rings. The van der Waals surface area contributed by atoms with Gasteiger partial charge in [0, 0.05) is 11.4 Å². The first-order valence-corrected chi connectivity index (χ1v) is 7.05. The summed E-state index contributed by atoms with van der Waals surface area (Å²) >= 11 is 0. The second kappa shape index (κ2) is 7.35. The summed E-state index contributed by atoms with van der Waals surface area (Å²) in [6.45, 7) is 5.26. The van der Waals surface area contributed by atoms with Gasteiger partial charge in [0.05, 0.1) is 6.21 Å². The molecule has 0 unspecified atom stereocenters. The van der Waals surface area contributed by atoms with Crippen LogP contribution in [0.2, 0.25) is 0 Å². The fourth-order valence-corrected chi connectivity index (χ4v) is 1.83. The van der Waals surface area contributed by atoms with Crippen LogP contribution < -0.4 is 10.2 Å². The second-order valence-corrected chi connectivity index (χ2v) is 5.01. The Balaban J connectivity index is 1.96. The fraction of sp³-hybridized carbons (Fsp3) is 0.250. The topological polar surface area (TPSA) is 96.7 Å². The number of carboxylic acids is 1. The average molecular weight is 314 g/mol. The molecule has 0 fully saturated rings. The first kappa shape index (κ1) is 16.4. The van der Waals surface area contributed by atoms with Crippen LogP contribution in [0.3, 0.4) is 0 Å². The molecule has 0 amide bonds. The number of anilines is 1. The van der Waals surface area contributed by atoms with E-state index in [4.69, 9.17) is 9.84 Å². The Labute approximate surface area is 134 Å². The van der Waals surface area contributed by atoms with Gasteiger partial charge in [0.15, 0.2) is 6.10 Å². The van der Waals surface area contributed by atoms with Crippen molar-refractivity contribution in [2.75, 3.05) is 5.43 Å². The number of carboxylic acid groups (broad SMARTS) is 1. The number of hydrogen-bond donors (Lipinski definition) is 2. The Kier molecular flexibility index (Phi) is 5.24. The highest BCUT2D eigenvalue weighted by molar-refractivity contribution is 5.80. The van der Waals surface area contributed by atoms with Gasteiger partial charge < -0.3 is 9.84 Å². The zero-order valence-corrected chi connectivity index (χ0v) is 13.1. The number of aromatic nitrogens is 2. The summed E-state index contributed by atoms with van der Waals surface area (Å²) in [5, 5.41) is 12.9. The van der Waals surface area contributed by atoms with E-state index in [1.54, 1.807) is 30.5 Å². The van der Waals surface area contributed by atoms with Gasteiger partial charge in [-0.1, -0.05) is 0 Å². The minimum atomic E-state index is -1.01. The molecule has 1 aromatic heterocycles. The third kappa shape index (κ3) is 5.06. The van der Waals surface area contributed by atoms with E-state index in [-0.39, 0.29) is 0 Å². The van der Waals surface area contributed by atoms with Crippen molar-refractivity contribution >= 4 is 18.1 Å². The Morgan fingerprint density at radius 2 is 1.87 bits per heavy atom. The molecule has 0 bridgehead atoms. The highest BCUT2D eigenvalue weighted by Gasteiger charge is 2.11. The summed E-state index contributed by atoms with van der Waals surface area (Å²) in [6.07, 6.45) is 0.726. The lowest BCUT2D eigenvalue weighted by molar-refractivity contribution is -0.144. The van der Waals surface area contributed by atoms with E-state index < -0.39 is 12.1 Å². The molecule has 7 nitrogen and oxygen atoms in total. The third-order valence-corrected chi connectivity index (χ3v) is 2.90. The molecule has 120 valence electrons. The van der Waals surface area contributed by atoms with Crippen molar-refractivity contribution in [3.05, 3.63) is 47.3 Å². The van der Waals surface area contributed by atoms with Crippen LogP contribution in [0.5, 0.6) is 5.75 Å². The summed E-state index contributed by atoms with van der Waals surface area (Å²) in [5.74, 6) is -0.0788. The van der Waals surface area contributed by atoms with Crippen LogP contribution in [0, 0.1) is 13.8 Å². The van der Waals surface area contributed by atoms with E-state index >= 15 is 0 Å². The van der Waals surface area contributed by atoms with Crippen molar-refractivity contribution in [1.82, 2.24) is 9.97 Å². The predicted octanol–water partition coefficient (Wildman–Crippen LogP) is 2.39. The summed E-state index contributed by atoms with van der Waals surface area (Å²) in [6, 6.07) is 8.81. The largest absolute Gasteiger partial charge is 0.479 e. The first-order chi connectivity index (χ1) is 10.9. The highest BCUT2D eigenvalue weighted by atomic mass is 16.5. The molecular formula is C16H18N4O3. The minimum Gasteiger partial charge on any atom is -0.479 e. The Morgan fingerprint density at radius 3 is 2.43 bits per heavy atom. The van der Waals surface area contributed by atoms with Gasteiger partial charge in [0.2, 0.25) is 5.95 Å². The van der Waals surface area contributed by atoms with E-state index in [1.165, 1.54) is 6.92 Å². The maximum Gasteiger partial charge on any atom is 0.344 e. The Morgan fingerprint density at radius 1 is 1.26 bits per heavy atom. The number of aliphatic carboxylic acids is 1. The Hall–Kier alpha value is -2.96. The molecular weight excluding hydrogens is 296 g/mol. The number of aryl methyl sites for hydroxylation is 2. The molecule has 0 radical (unpaired) electrons. The number of ether oxygens (including phenoxy) is 1. The monoisotopic (exact) mass is 314 g/mol. The lowest BCUT2D eigenvalue weighted by Gasteiger charge is -2.09. The minimum absolute atomic E-state index is 0.439. The molecule has 0 spiro atoms. The molecule has 2 rings (SSSR count). The van der Waals surface area contributed by atoms with Crippen molar-refractivity contribution in [3.63, 3.8) is 0 Å². The first-order valence-electron chi connectivity index (χ1n) is 7.05. The maximum absolute atomic E-state index is 10.7. The molecule has 23 heavy (non-hydrogen) atoms. The number of rotatable bonds is 6. The van der Waals surface area contributed by atoms with E-state index in [1.807, 2.05) is 19.9 Å². The van der Waals surface area contributed by atoms with E-state index in [2.05, 4.69) is 20.5 Å².